The molecular formula is C8H6N2OS2. The number of carbonyl (C=O) groups is 1. The van der Waals surface area contributed by atoms with Crippen LogP contribution >= 0.6 is 22.7 Å². The standard InChI is InChI=1S/C8H6N2OS2/c11-7(8-9-2-4-13-8)10-6-1-3-12-5-6/h1-5H,(H,10,11). The molecule has 0 radical (unpaired) electrons. The van der Waals surface area contributed by atoms with Crippen molar-refractivity contribution >= 4 is 34.3 Å². The van der Waals surface area contributed by atoms with Crippen LogP contribution in [0.2, 0.25) is 0 Å². The Balaban J connectivity index is 2.08. The fourth-order valence-corrected chi connectivity index (χ4v) is 1.97. The summed E-state index contributed by atoms with van der Waals surface area (Å²) < 4.78 is 0. The van der Waals surface area contributed by atoms with Gasteiger partial charge in [-0.15, -0.1) is 11.3 Å². The molecular weight excluding hydrogens is 204 g/mol. The Hall–Kier alpha value is -1.20. The molecule has 13 heavy (non-hydrogen) atoms. The van der Waals surface area contributed by atoms with Crippen LogP contribution in [0.4, 0.5) is 5.69 Å². The maximum Gasteiger partial charge on any atom is 0.284 e. The molecule has 0 aromatic carbocycles. The van der Waals surface area contributed by atoms with Crippen LogP contribution in [0.1, 0.15) is 9.80 Å². The Labute approximate surface area is 83.1 Å². The highest BCUT2D eigenvalue weighted by Crippen LogP contribution is 2.14. The highest BCUT2D eigenvalue weighted by molar-refractivity contribution is 7.11. The van der Waals surface area contributed by atoms with E-state index < -0.39 is 0 Å². The summed E-state index contributed by atoms with van der Waals surface area (Å²) in [6.07, 6.45) is 1.62. The fraction of sp³-hybridized carbons (Fsp3) is 0. The molecule has 3 nitrogen and oxygen atoms in total. The molecule has 0 saturated carbocycles. The van der Waals surface area contributed by atoms with Crippen molar-refractivity contribution in [2.75, 3.05) is 5.32 Å². The second kappa shape index (κ2) is 3.68. The first kappa shape index (κ1) is 8.40. The lowest BCUT2D eigenvalue weighted by molar-refractivity contribution is 0.102. The molecule has 0 unspecified atom stereocenters. The largest absolute Gasteiger partial charge is 0.319 e. The van der Waals surface area contributed by atoms with Gasteiger partial charge in [0.15, 0.2) is 5.01 Å². The summed E-state index contributed by atoms with van der Waals surface area (Å²) in [5.41, 5.74) is 0.824. The molecule has 2 aromatic heterocycles. The van der Waals surface area contributed by atoms with Crippen molar-refractivity contribution in [1.29, 1.82) is 0 Å². The van der Waals surface area contributed by atoms with Gasteiger partial charge in [-0.3, -0.25) is 4.79 Å². The summed E-state index contributed by atoms with van der Waals surface area (Å²) >= 11 is 2.88. The molecule has 0 spiro atoms. The van der Waals surface area contributed by atoms with Crippen LogP contribution in [-0.4, -0.2) is 10.9 Å². The first-order chi connectivity index (χ1) is 6.36. The van der Waals surface area contributed by atoms with E-state index in [1.54, 1.807) is 22.9 Å². The van der Waals surface area contributed by atoms with E-state index in [4.69, 9.17) is 0 Å². The third-order valence-corrected chi connectivity index (χ3v) is 2.86. The Kier molecular flexibility index (Phi) is 2.37. The molecule has 5 heteroatoms. The molecule has 0 atom stereocenters. The van der Waals surface area contributed by atoms with E-state index in [-0.39, 0.29) is 5.91 Å². The molecule has 0 saturated heterocycles. The minimum Gasteiger partial charge on any atom is -0.319 e. The molecule has 2 rings (SSSR count). The fourth-order valence-electron chi connectivity index (χ4n) is 0.856. The van der Waals surface area contributed by atoms with Gasteiger partial charge in [0.2, 0.25) is 0 Å². The molecule has 0 fully saturated rings. The number of hydrogen-bond donors (Lipinski definition) is 1. The first-order valence-electron chi connectivity index (χ1n) is 3.59. The van der Waals surface area contributed by atoms with Gasteiger partial charge in [-0.05, 0) is 11.4 Å². The average Bonchev–Trinajstić information content (AvgIpc) is 2.74. The van der Waals surface area contributed by atoms with Gasteiger partial charge in [0, 0.05) is 17.0 Å². The summed E-state index contributed by atoms with van der Waals surface area (Å²) in [5.74, 6) is -0.145. The minimum atomic E-state index is -0.145. The zero-order chi connectivity index (χ0) is 9.10. The van der Waals surface area contributed by atoms with E-state index in [2.05, 4.69) is 10.3 Å². The topological polar surface area (TPSA) is 42.0 Å². The number of carbonyl (C=O) groups excluding carboxylic acids is 1. The monoisotopic (exact) mass is 210 g/mol. The number of nitrogens with one attached hydrogen (secondary N) is 1. The highest BCUT2D eigenvalue weighted by Gasteiger charge is 2.07. The van der Waals surface area contributed by atoms with Crippen LogP contribution in [0.5, 0.6) is 0 Å². The lowest BCUT2D eigenvalue weighted by Gasteiger charge is -1.97. The number of aromatic nitrogens is 1. The number of thiophene rings is 1. The third-order valence-electron chi connectivity index (χ3n) is 1.41. The lowest BCUT2D eigenvalue weighted by atomic mass is 10.5. The number of anilines is 1. The van der Waals surface area contributed by atoms with E-state index in [0.717, 1.165) is 5.69 Å². The van der Waals surface area contributed by atoms with Gasteiger partial charge in [0.1, 0.15) is 0 Å². The Bertz CT molecular complexity index is 380. The van der Waals surface area contributed by atoms with Crippen LogP contribution < -0.4 is 5.32 Å². The number of rotatable bonds is 2. The van der Waals surface area contributed by atoms with E-state index >= 15 is 0 Å². The summed E-state index contributed by atoms with van der Waals surface area (Å²) in [7, 11) is 0. The van der Waals surface area contributed by atoms with Gasteiger partial charge in [-0.2, -0.15) is 11.3 Å². The van der Waals surface area contributed by atoms with Crippen LogP contribution in [0, 0.1) is 0 Å². The second-order valence-electron chi connectivity index (χ2n) is 2.30. The molecule has 0 aliphatic heterocycles. The Morgan fingerprint density at radius 1 is 1.46 bits per heavy atom. The predicted octanol–water partition coefficient (Wildman–Crippen LogP) is 2.46. The molecule has 66 valence electrons. The van der Waals surface area contributed by atoms with E-state index in [1.165, 1.54) is 11.3 Å². The average molecular weight is 210 g/mol. The highest BCUT2D eigenvalue weighted by atomic mass is 32.1. The van der Waals surface area contributed by atoms with Crippen molar-refractivity contribution in [2.45, 2.75) is 0 Å². The zero-order valence-electron chi connectivity index (χ0n) is 6.56. The first-order valence-corrected chi connectivity index (χ1v) is 5.41. The number of amides is 1. The van der Waals surface area contributed by atoms with Crippen molar-refractivity contribution in [3.63, 3.8) is 0 Å². The minimum absolute atomic E-state index is 0.145. The maximum absolute atomic E-state index is 11.4. The smallest absolute Gasteiger partial charge is 0.284 e. The lowest BCUT2D eigenvalue weighted by Crippen LogP contribution is -2.10. The SMILES string of the molecule is O=C(Nc1ccsc1)c1nccs1. The summed E-state index contributed by atoms with van der Waals surface area (Å²) in [6.45, 7) is 0. The summed E-state index contributed by atoms with van der Waals surface area (Å²) in [5, 5.41) is 8.81. The van der Waals surface area contributed by atoms with Crippen LogP contribution in [-0.2, 0) is 0 Å². The van der Waals surface area contributed by atoms with Gasteiger partial charge >= 0.3 is 0 Å². The van der Waals surface area contributed by atoms with E-state index in [1.807, 2.05) is 16.8 Å². The van der Waals surface area contributed by atoms with E-state index in [0.29, 0.717) is 5.01 Å². The van der Waals surface area contributed by atoms with Crippen LogP contribution in [0.25, 0.3) is 0 Å². The molecule has 1 N–H and O–H groups in total. The zero-order valence-corrected chi connectivity index (χ0v) is 8.19. The van der Waals surface area contributed by atoms with Gasteiger partial charge < -0.3 is 5.32 Å². The molecule has 2 heterocycles. The quantitative estimate of drug-likeness (QED) is 0.827. The van der Waals surface area contributed by atoms with Crippen molar-refractivity contribution in [2.24, 2.45) is 0 Å². The predicted molar refractivity (Wildman–Crippen MR) is 54.4 cm³/mol. The summed E-state index contributed by atoms with van der Waals surface area (Å²) in [4.78, 5) is 15.3. The van der Waals surface area contributed by atoms with Crippen molar-refractivity contribution < 1.29 is 4.79 Å². The van der Waals surface area contributed by atoms with Crippen molar-refractivity contribution in [3.05, 3.63) is 33.4 Å². The number of nitrogens with zero attached hydrogens (tertiary/aromatic N) is 1. The number of thiazole rings is 1. The van der Waals surface area contributed by atoms with E-state index in [9.17, 15) is 4.79 Å². The van der Waals surface area contributed by atoms with Gasteiger partial charge in [0.25, 0.3) is 5.91 Å². The van der Waals surface area contributed by atoms with Gasteiger partial charge in [0.05, 0.1) is 5.69 Å². The Morgan fingerprint density at radius 2 is 2.38 bits per heavy atom. The normalized spacial score (nSPS) is 9.85. The van der Waals surface area contributed by atoms with Crippen molar-refractivity contribution in [1.82, 2.24) is 4.98 Å². The molecule has 0 bridgehead atoms. The maximum atomic E-state index is 11.4. The third kappa shape index (κ3) is 1.93. The number of hydrogen-bond acceptors (Lipinski definition) is 4. The van der Waals surface area contributed by atoms with Crippen LogP contribution in [0.3, 0.4) is 0 Å². The summed E-state index contributed by atoms with van der Waals surface area (Å²) in [6, 6.07) is 1.86. The Morgan fingerprint density at radius 3 is 3.00 bits per heavy atom. The van der Waals surface area contributed by atoms with Crippen LogP contribution in [0.15, 0.2) is 28.4 Å². The second-order valence-corrected chi connectivity index (χ2v) is 3.98. The van der Waals surface area contributed by atoms with Crippen molar-refractivity contribution in [3.8, 4) is 0 Å². The van der Waals surface area contributed by atoms with Gasteiger partial charge in [-0.1, -0.05) is 0 Å². The molecule has 0 aliphatic carbocycles. The molecule has 2 aromatic rings. The molecule has 1 amide bonds. The van der Waals surface area contributed by atoms with Gasteiger partial charge in [-0.25, -0.2) is 4.98 Å². The molecule has 0 aliphatic rings.